The van der Waals surface area contributed by atoms with Gasteiger partial charge < -0.3 is 9.47 Å². The van der Waals surface area contributed by atoms with Gasteiger partial charge in [-0.2, -0.15) is 5.26 Å². The van der Waals surface area contributed by atoms with E-state index < -0.39 is 0 Å². The number of nitriles is 1. The molecule has 1 aromatic heterocycles. The number of alkyl halides is 1. The van der Waals surface area contributed by atoms with E-state index in [0.717, 1.165) is 23.4 Å². The van der Waals surface area contributed by atoms with Crippen LogP contribution in [0, 0.1) is 11.3 Å². The third-order valence-electron chi connectivity index (χ3n) is 4.76. The fourth-order valence-corrected chi connectivity index (χ4v) is 3.35. The van der Waals surface area contributed by atoms with Crippen LogP contribution < -0.4 is 0 Å². The average Bonchev–Trinajstić information content (AvgIpc) is 2.78. The van der Waals surface area contributed by atoms with Gasteiger partial charge in [-0.3, -0.25) is 0 Å². The van der Waals surface area contributed by atoms with Crippen molar-refractivity contribution in [3.05, 3.63) is 29.6 Å². The van der Waals surface area contributed by atoms with Gasteiger partial charge in [-0.1, -0.05) is 0 Å². The van der Waals surface area contributed by atoms with Crippen molar-refractivity contribution in [3.8, 4) is 6.07 Å². The summed E-state index contributed by atoms with van der Waals surface area (Å²) in [5.74, 6) is 1.27. The molecule has 1 aliphatic carbocycles. The van der Waals surface area contributed by atoms with E-state index in [1.54, 1.807) is 0 Å². The maximum atomic E-state index is 9.12. The molecule has 4 nitrogen and oxygen atoms in total. The second-order valence-corrected chi connectivity index (χ2v) is 6.30. The number of nitrogens with zero attached hydrogens (tertiary/aromatic N) is 4. The summed E-state index contributed by atoms with van der Waals surface area (Å²) in [5.41, 5.74) is 2.78. The van der Waals surface area contributed by atoms with Gasteiger partial charge in [-0.05, 0) is 51.6 Å². The van der Waals surface area contributed by atoms with Crippen molar-refractivity contribution < 1.29 is 0 Å². The summed E-state index contributed by atoms with van der Waals surface area (Å²) in [6.07, 6.45) is 3.66. The highest BCUT2D eigenvalue weighted by molar-refractivity contribution is 6.16. The Morgan fingerprint density at radius 3 is 2.71 bits per heavy atom. The number of imidazole rings is 1. The van der Waals surface area contributed by atoms with Crippen LogP contribution in [-0.2, 0) is 12.4 Å². The molecule has 0 aliphatic heterocycles. The van der Waals surface area contributed by atoms with Crippen molar-refractivity contribution in [2.75, 3.05) is 14.1 Å². The van der Waals surface area contributed by atoms with Crippen LogP contribution in [0.2, 0.25) is 0 Å². The van der Waals surface area contributed by atoms with E-state index in [0.29, 0.717) is 11.4 Å². The Kier molecular flexibility index (Phi) is 3.64. The number of aromatic nitrogens is 2. The molecule has 0 bridgehead atoms. The van der Waals surface area contributed by atoms with Gasteiger partial charge in [-0.15, -0.1) is 11.6 Å². The number of hydrogen-bond acceptors (Lipinski definition) is 3. The standard InChI is InChI=1S/C16H19ClN4/c1-20(2)16(6-3-7-16)11-21-14-8-12(10-18)4-5-13(14)19-15(21)9-17/h4-5,8H,3,6-7,9,11H2,1-2H3. The lowest BCUT2D eigenvalue weighted by Crippen LogP contribution is -2.53. The first kappa shape index (κ1) is 14.4. The van der Waals surface area contributed by atoms with Crippen molar-refractivity contribution in [2.45, 2.75) is 37.2 Å². The Morgan fingerprint density at radius 1 is 1.43 bits per heavy atom. The molecule has 0 unspecified atom stereocenters. The zero-order chi connectivity index (χ0) is 15.0. The van der Waals surface area contributed by atoms with Crippen molar-refractivity contribution in [1.29, 1.82) is 5.26 Å². The molecule has 3 rings (SSSR count). The highest BCUT2D eigenvalue weighted by Crippen LogP contribution is 2.38. The zero-order valence-corrected chi connectivity index (χ0v) is 13.2. The topological polar surface area (TPSA) is 44.9 Å². The molecule has 5 heteroatoms. The molecule has 1 aromatic carbocycles. The third kappa shape index (κ3) is 2.31. The molecular weight excluding hydrogens is 284 g/mol. The monoisotopic (exact) mass is 302 g/mol. The smallest absolute Gasteiger partial charge is 0.124 e. The SMILES string of the molecule is CN(C)C1(Cn2c(CCl)nc3ccc(C#N)cc32)CCC1. The minimum absolute atomic E-state index is 0.192. The normalized spacial score (nSPS) is 16.9. The Labute approximate surface area is 129 Å². The van der Waals surface area contributed by atoms with Crippen LogP contribution >= 0.6 is 11.6 Å². The van der Waals surface area contributed by atoms with Crippen molar-refractivity contribution in [2.24, 2.45) is 0 Å². The number of halogens is 1. The zero-order valence-electron chi connectivity index (χ0n) is 12.4. The van der Waals surface area contributed by atoms with Gasteiger partial charge in [0.1, 0.15) is 5.82 Å². The van der Waals surface area contributed by atoms with E-state index >= 15 is 0 Å². The van der Waals surface area contributed by atoms with Gasteiger partial charge in [0, 0.05) is 12.1 Å². The second-order valence-electron chi connectivity index (χ2n) is 6.04. The molecule has 0 N–H and O–H groups in total. The van der Waals surface area contributed by atoms with E-state index in [1.807, 2.05) is 18.2 Å². The maximum absolute atomic E-state index is 9.12. The van der Waals surface area contributed by atoms with Crippen molar-refractivity contribution in [1.82, 2.24) is 14.5 Å². The van der Waals surface area contributed by atoms with E-state index in [4.69, 9.17) is 16.9 Å². The van der Waals surface area contributed by atoms with Gasteiger partial charge in [0.05, 0.1) is 28.5 Å². The largest absolute Gasteiger partial charge is 0.325 e. The predicted octanol–water partition coefficient (Wildman–Crippen LogP) is 3.13. The summed E-state index contributed by atoms with van der Waals surface area (Å²) in [6.45, 7) is 0.882. The average molecular weight is 303 g/mol. The number of hydrogen-bond donors (Lipinski definition) is 0. The highest BCUT2D eigenvalue weighted by atomic mass is 35.5. The van der Waals surface area contributed by atoms with Crippen LogP contribution in [0.3, 0.4) is 0 Å². The first-order chi connectivity index (χ1) is 10.1. The van der Waals surface area contributed by atoms with E-state index in [9.17, 15) is 0 Å². The summed E-state index contributed by atoms with van der Waals surface area (Å²) in [5, 5.41) is 9.12. The van der Waals surface area contributed by atoms with Crippen LogP contribution in [0.1, 0.15) is 30.7 Å². The molecule has 1 aliphatic rings. The first-order valence-electron chi connectivity index (χ1n) is 7.22. The van der Waals surface area contributed by atoms with Gasteiger partial charge in [-0.25, -0.2) is 4.98 Å². The maximum Gasteiger partial charge on any atom is 0.124 e. The summed E-state index contributed by atoms with van der Waals surface area (Å²) in [6, 6.07) is 7.83. The van der Waals surface area contributed by atoms with Gasteiger partial charge in [0.15, 0.2) is 0 Å². The van der Waals surface area contributed by atoms with Crippen LogP contribution in [0.5, 0.6) is 0 Å². The first-order valence-corrected chi connectivity index (χ1v) is 7.76. The minimum atomic E-state index is 0.192. The predicted molar refractivity (Wildman–Crippen MR) is 84.3 cm³/mol. The molecule has 110 valence electrons. The molecule has 0 amide bonds. The third-order valence-corrected chi connectivity index (χ3v) is 5.00. The molecule has 0 atom stereocenters. The summed E-state index contributed by atoms with van der Waals surface area (Å²) in [4.78, 5) is 6.93. The lowest BCUT2D eigenvalue weighted by molar-refractivity contribution is 0.0429. The number of rotatable bonds is 4. The lowest BCUT2D eigenvalue weighted by atomic mass is 9.75. The van der Waals surface area contributed by atoms with Crippen molar-refractivity contribution >= 4 is 22.6 Å². The molecule has 21 heavy (non-hydrogen) atoms. The van der Waals surface area contributed by atoms with Crippen LogP contribution in [0.25, 0.3) is 11.0 Å². The second kappa shape index (κ2) is 5.32. The molecule has 1 fully saturated rings. The number of benzene rings is 1. The Morgan fingerprint density at radius 2 is 2.19 bits per heavy atom. The molecule has 0 saturated heterocycles. The Hall–Kier alpha value is -1.57. The molecule has 2 aromatic rings. The van der Waals surface area contributed by atoms with Gasteiger partial charge in [0.25, 0.3) is 0 Å². The summed E-state index contributed by atoms with van der Waals surface area (Å²) < 4.78 is 2.20. The molecule has 0 spiro atoms. The van der Waals surface area contributed by atoms with E-state index in [2.05, 4.69) is 34.6 Å². The Bertz CT molecular complexity index is 707. The molecule has 1 saturated carbocycles. The fraction of sp³-hybridized carbons (Fsp3) is 0.500. The van der Waals surface area contributed by atoms with E-state index in [1.165, 1.54) is 19.3 Å². The number of likely N-dealkylation sites (N-methyl/N-ethyl adjacent to an activating group) is 1. The van der Waals surface area contributed by atoms with E-state index in [-0.39, 0.29) is 5.54 Å². The quantitative estimate of drug-likeness (QED) is 0.815. The van der Waals surface area contributed by atoms with Crippen LogP contribution in [-0.4, -0.2) is 34.1 Å². The Balaban J connectivity index is 2.09. The van der Waals surface area contributed by atoms with Gasteiger partial charge >= 0.3 is 0 Å². The van der Waals surface area contributed by atoms with Crippen LogP contribution in [0.15, 0.2) is 18.2 Å². The molecular formula is C16H19ClN4. The summed E-state index contributed by atoms with van der Waals surface area (Å²) >= 11 is 6.08. The fourth-order valence-electron chi connectivity index (χ4n) is 3.15. The van der Waals surface area contributed by atoms with Crippen LogP contribution in [0.4, 0.5) is 0 Å². The minimum Gasteiger partial charge on any atom is -0.325 e. The van der Waals surface area contributed by atoms with Crippen molar-refractivity contribution in [3.63, 3.8) is 0 Å². The van der Waals surface area contributed by atoms with Gasteiger partial charge in [0.2, 0.25) is 0 Å². The lowest BCUT2D eigenvalue weighted by Gasteiger charge is -2.47. The summed E-state index contributed by atoms with van der Waals surface area (Å²) in [7, 11) is 4.28. The molecule has 0 radical (unpaired) electrons. The molecule has 1 heterocycles. The number of fused-ring (bicyclic) bond motifs is 1. The highest BCUT2D eigenvalue weighted by Gasteiger charge is 2.40.